The van der Waals surface area contributed by atoms with E-state index >= 15 is 0 Å². The Kier molecular flexibility index (Phi) is 5.51. The summed E-state index contributed by atoms with van der Waals surface area (Å²) in [5.74, 6) is -0.222. The van der Waals surface area contributed by atoms with E-state index in [9.17, 15) is 9.59 Å². The fraction of sp³-hybridized carbons (Fsp3) is 0.500. The lowest BCUT2D eigenvalue weighted by Crippen LogP contribution is -2.52. The van der Waals surface area contributed by atoms with Gasteiger partial charge in [0.15, 0.2) is 0 Å². The first-order valence-electron chi connectivity index (χ1n) is 6.96. The number of hydrogen-bond donors (Lipinski definition) is 2. The molecule has 2 N–H and O–H groups in total. The minimum atomic E-state index is -0.586. The van der Waals surface area contributed by atoms with Gasteiger partial charge in [-0.15, -0.1) is 0 Å². The molecule has 1 aliphatic heterocycles. The van der Waals surface area contributed by atoms with Crippen LogP contribution in [-0.4, -0.2) is 54.2 Å². The van der Waals surface area contributed by atoms with Crippen molar-refractivity contribution in [1.29, 1.82) is 0 Å². The zero-order valence-corrected chi connectivity index (χ0v) is 12.0. The van der Waals surface area contributed by atoms with Crippen molar-refractivity contribution >= 4 is 11.9 Å². The lowest BCUT2D eigenvalue weighted by molar-refractivity contribution is -0.122. The standard InChI is InChI=1S/C14H20N4O3/c1-11(17-14(20)18-5-7-21-8-6-18)13(19)16-10-12-3-2-4-15-9-12/h2-4,9,11H,5-8,10H2,1H3,(H,16,19)(H,17,20)/t11-/m1/s1. The van der Waals surface area contributed by atoms with Crippen LogP contribution in [-0.2, 0) is 16.1 Å². The maximum absolute atomic E-state index is 12.0. The number of morpholine rings is 1. The molecule has 2 heterocycles. The highest BCUT2D eigenvalue weighted by molar-refractivity contribution is 5.86. The van der Waals surface area contributed by atoms with Crippen molar-refractivity contribution < 1.29 is 14.3 Å². The third kappa shape index (κ3) is 4.71. The van der Waals surface area contributed by atoms with E-state index in [1.165, 1.54) is 0 Å². The van der Waals surface area contributed by atoms with Gasteiger partial charge in [0.1, 0.15) is 6.04 Å². The first kappa shape index (κ1) is 15.2. The highest BCUT2D eigenvalue weighted by Crippen LogP contribution is 1.99. The number of hydrogen-bond acceptors (Lipinski definition) is 4. The van der Waals surface area contributed by atoms with Gasteiger partial charge < -0.3 is 20.3 Å². The van der Waals surface area contributed by atoms with E-state index in [-0.39, 0.29) is 11.9 Å². The monoisotopic (exact) mass is 292 g/mol. The van der Waals surface area contributed by atoms with Gasteiger partial charge in [0.25, 0.3) is 0 Å². The number of aromatic nitrogens is 1. The summed E-state index contributed by atoms with van der Waals surface area (Å²) >= 11 is 0. The Morgan fingerprint density at radius 2 is 2.19 bits per heavy atom. The molecule has 1 aromatic heterocycles. The van der Waals surface area contributed by atoms with Crippen molar-refractivity contribution in [3.63, 3.8) is 0 Å². The van der Waals surface area contributed by atoms with Gasteiger partial charge in [-0.05, 0) is 18.6 Å². The molecule has 21 heavy (non-hydrogen) atoms. The summed E-state index contributed by atoms with van der Waals surface area (Å²) in [4.78, 5) is 29.5. The smallest absolute Gasteiger partial charge is 0.318 e. The fourth-order valence-corrected chi connectivity index (χ4v) is 1.95. The molecule has 1 saturated heterocycles. The second-order valence-electron chi connectivity index (χ2n) is 4.85. The van der Waals surface area contributed by atoms with E-state index in [0.717, 1.165) is 5.56 Å². The van der Waals surface area contributed by atoms with E-state index in [4.69, 9.17) is 4.74 Å². The molecule has 0 aliphatic carbocycles. The van der Waals surface area contributed by atoms with Gasteiger partial charge in [-0.3, -0.25) is 9.78 Å². The molecule has 114 valence electrons. The topological polar surface area (TPSA) is 83.6 Å². The first-order valence-corrected chi connectivity index (χ1v) is 6.96. The molecule has 0 aromatic carbocycles. The molecular weight excluding hydrogens is 272 g/mol. The van der Waals surface area contributed by atoms with Crippen LogP contribution in [0.4, 0.5) is 4.79 Å². The number of carbonyl (C=O) groups is 2. The van der Waals surface area contributed by atoms with Crippen molar-refractivity contribution in [2.24, 2.45) is 0 Å². The van der Waals surface area contributed by atoms with Crippen LogP contribution in [0.3, 0.4) is 0 Å². The van der Waals surface area contributed by atoms with Gasteiger partial charge in [0, 0.05) is 32.0 Å². The second kappa shape index (κ2) is 7.58. The molecule has 0 radical (unpaired) electrons. The number of carbonyl (C=O) groups excluding carboxylic acids is 2. The molecule has 2 rings (SSSR count). The third-order valence-electron chi connectivity index (χ3n) is 3.22. The summed E-state index contributed by atoms with van der Waals surface area (Å²) in [7, 11) is 0. The average Bonchev–Trinajstić information content (AvgIpc) is 2.54. The van der Waals surface area contributed by atoms with Crippen molar-refractivity contribution in [3.05, 3.63) is 30.1 Å². The predicted molar refractivity (Wildman–Crippen MR) is 76.5 cm³/mol. The van der Waals surface area contributed by atoms with Crippen LogP contribution >= 0.6 is 0 Å². The SMILES string of the molecule is C[C@@H](NC(=O)N1CCOCC1)C(=O)NCc1cccnc1. The Morgan fingerprint density at radius 1 is 1.43 bits per heavy atom. The quantitative estimate of drug-likeness (QED) is 0.826. The number of urea groups is 1. The summed E-state index contributed by atoms with van der Waals surface area (Å²) in [6.45, 7) is 4.23. The summed E-state index contributed by atoms with van der Waals surface area (Å²) in [6.07, 6.45) is 3.37. The van der Waals surface area contributed by atoms with Crippen LogP contribution in [0.5, 0.6) is 0 Å². The van der Waals surface area contributed by atoms with Crippen LogP contribution in [0.15, 0.2) is 24.5 Å². The molecule has 1 aliphatic rings. The fourth-order valence-electron chi connectivity index (χ4n) is 1.95. The minimum absolute atomic E-state index is 0.222. The van der Waals surface area contributed by atoms with Crippen molar-refractivity contribution in [3.8, 4) is 0 Å². The van der Waals surface area contributed by atoms with Crippen molar-refractivity contribution in [2.75, 3.05) is 26.3 Å². The number of ether oxygens (including phenoxy) is 1. The summed E-state index contributed by atoms with van der Waals surface area (Å²) < 4.78 is 5.18. The molecule has 1 fully saturated rings. The molecule has 1 atom stereocenters. The Hall–Kier alpha value is -2.15. The van der Waals surface area contributed by atoms with Gasteiger partial charge in [-0.2, -0.15) is 0 Å². The van der Waals surface area contributed by atoms with Crippen LogP contribution in [0.2, 0.25) is 0 Å². The molecule has 1 aromatic rings. The van der Waals surface area contributed by atoms with Gasteiger partial charge >= 0.3 is 6.03 Å². The van der Waals surface area contributed by atoms with Crippen LogP contribution < -0.4 is 10.6 Å². The molecule has 0 spiro atoms. The molecular formula is C14H20N4O3. The number of amides is 3. The molecule has 7 heteroatoms. The summed E-state index contributed by atoms with van der Waals surface area (Å²) in [5.41, 5.74) is 0.914. The number of nitrogens with zero attached hydrogens (tertiary/aromatic N) is 2. The number of rotatable bonds is 4. The molecule has 7 nitrogen and oxygen atoms in total. The first-order chi connectivity index (χ1) is 10.2. The highest BCUT2D eigenvalue weighted by Gasteiger charge is 2.21. The average molecular weight is 292 g/mol. The molecule has 0 saturated carbocycles. The van der Waals surface area contributed by atoms with Crippen molar-refractivity contribution in [1.82, 2.24) is 20.5 Å². The number of nitrogens with one attached hydrogen (secondary N) is 2. The Labute approximate surface area is 123 Å². The van der Waals surface area contributed by atoms with Crippen LogP contribution in [0, 0.1) is 0 Å². The van der Waals surface area contributed by atoms with Gasteiger partial charge in [-0.25, -0.2) is 4.79 Å². The molecule has 3 amide bonds. The van der Waals surface area contributed by atoms with E-state index < -0.39 is 6.04 Å². The van der Waals surface area contributed by atoms with E-state index in [2.05, 4.69) is 15.6 Å². The molecule has 0 bridgehead atoms. The second-order valence-corrected chi connectivity index (χ2v) is 4.85. The van der Waals surface area contributed by atoms with Crippen molar-refractivity contribution in [2.45, 2.75) is 19.5 Å². The van der Waals surface area contributed by atoms with Gasteiger partial charge in [0.2, 0.25) is 5.91 Å². The van der Waals surface area contributed by atoms with Gasteiger partial charge in [0.05, 0.1) is 13.2 Å². The Bertz CT molecular complexity index is 474. The van der Waals surface area contributed by atoms with E-state index in [1.54, 1.807) is 24.2 Å². The maximum Gasteiger partial charge on any atom is 0.318 e. The third-order valence-corrected chi connectivity index (χ3v) is 3.22. The van der Waals surface area contributed by atoms with E-state index in [1.807, 2.05) is 12.1 Å². The predicted octanol–water partition coefficient (Wildman–Crippen LogP) is 0.128. The zero-order chi connectivity index (χ0) is 15.1. The summed E-state index contributed by atoms with van der Waals surface area (Å²) in [6, 6.07) is 2.87. The lowest BCUT2D eigenvalue weighted by Gasteiger charge is -2.28. The van der Waals surface area contributed by atoms with Crippen LogP contribution in [0.1, 0.15) is 12.5 Å². The highest BCUT2D eigenvalue weighted by atomic mass is 16.5. The normalized spacial score (nSPS) is 16.1. The maximum atomic E-state index is 12.0. The summed E-state index contributed by atoms with van der Waals surface area (Å²) in [5, 5.41) is 5.46. The minimum Gasteiger partial charge on any atom is -0.378 e. The van der Waals surface area contributed by atoms with E-state index in [0.29, 0.717) is 32.8 Å². The zero-order valence-electron chi connectivity index (χ0n) is 12.0. The Morgan fingerprint density at radius 3 is 2.86 bits per heavy atom. The Balaban J connectivity index is 1.75. The molecule has 0 unspecified atom stereocenters. The lowest BCUT2D eigenvalue weighted by atomic mass is 10.2. The number of pyridine rings is 1. The van der Waals surface area contributed by atoms with Gasteiger partial charge in [-0.1, -0.05) is 6.07 Å². The van der Waals surface area contributed by atoms with Crippen LogP contribution in [0.25, 0.3) is 0 Å². The largest absolute Gasteiger partial charge is 0.378 e.